The summed E-state index contributed by atoms with van der Waals surface area (Å²) in [4.78, 5) is 55.7. The Bertz CT molecular complexity index is 1320. The Morgan fingerprint density at radius 3 is 2.05 bits per heavy atom. The molecule has 0 saturated carbocycles. The summed E-state index contributed by atoms with van der Waals surface area (Å²) in [5.74, 6) is 0.900. The van der Waals surface area contributed by atoms with Gasteiger partial charge < -0.3 is 25.0 Å². The number of ether oxygens (including phenoxy) is 2. The maximum atomic E-state index is 14.3. The van der Waals surface area contributed by atoms with Crippen LogP contribution in [0, 0.1) is 12.3 Å². The van der Waals surface area contributed by atoms with Crippen LogP contribution < -0.4 is 10.6 Å². The smallest absolute Gasteiger partial charge is 0.408 e. The summed E-state index contributed by atoms with van der Waals surface area (Å²) >= 11 is 0. The Labute approximate surface area is 262 Å². The van der Waals surface area contributed by atoms with Crippen LogP contribution in [0.3, 0.4) is 0 Å². The van der Waals surface area contributed by atoms with E-state index in [1.807, 2.05) is 37.3 Å². The van der Waals surface area contributed by atoms with Gasteiger partial charge in [-0.2, -0.15) is 0 Å². The topological polar surface area (TPSA) is 114 Å². The fourth-order valence-corrected chi connectivity index (χ4v) is 4.47. The first-order valence-corrected chi connectivity index (χ1v) is 15.0. The van der Waals surface area contributed by atoms with Crippen molar-refractivity contribution in [2.45, 2.75) is 104 Å². The number of alkyl carbamates (subject to hydrolysis) is 1. The Kier molecular flexibility index (Phi) is 13.0. The Balaban J connectivity index is 2.57. The van der Waals surface area contributed by atoms with Crippen LogP contribution in [-0.4, -0.2) is 58.6 Å². The molecule has 2 rings (SSSR count). The lowest BCUT2D eigenvalue weighted by molar-refractivity contribution is -0.159. The van der Waals surface area contributed by atoms with E-state index in [0.29, 0.717) is 17.5 Å². The van der Waals surface area contributed by atoms with Crippen LogP contribution in [0.15, 0.2) is 54.6 Å². The number of benzene rings is 2. The van der Waals surface area contributed by atoms with Crippen LogP contribution in [0.1, 0.15) is 91.0 Å². The fourth-order valence-electron chi connectivity index (χ4n) is 4.47. The van der Waals surface area contributed by atoms with Gasteiger partial charge in [0.15, 0.2) is 0 Å². The summed E-state index contributed by atoms with van der Waals surface area (Å²) < 4.78 is 11.0. The van der Waals surface area contributed by atoms with Crippen LogP contribution in [0.4, 0.5) is 4.79 Å². The summed E-state index contributed by atoms with van der Waals surface area (Å²) in [5, 5.41) is 5.46. The second kappa shape index (κ2) is 15.9. The number of hydrogen-bond donors (Lipinski definition) is 2. The Morgan fingerprint density at radius 1 is 0.886 bits per heavy atom. The molecule has 0 spiro atoms. The van der Waals surface area contributed by atoms with Crippen LogP contribution in [0.25, 0.3) is 0 Å². The normalized spacial score (nSPS) is 13.4. The molecule has 2 aromatic carbocycles. The molecule has 3 amide bonds. The highest BCUT2D eigenvalue weighted by molar-refractivity contribution is 5.94. The SMILES string of the molecule is C#Cc1ccccc1C(C(=O)NC(Cc1ccccc1)C(=O)OC(C)(C)C)N(CCCC)C(=O)C(C)NC(=O)OC(C)(C)C. The maximum absolute atomic E-state index is 14.3. The lowest BCUT2D eigenvalue weighted by Gasteiger charge is -2.35. The van der Waals surface area contributed by atoms with E-state index < -0.39 is 53.2 Å². The minimum Gasteiger partial charge on any atom is -0.458 e. The molecule has 0 aliphatic heterocycles. The van der Waals surface area contributed by atoms with E-state index in [4.69, 9.17) is 15.9 Å². The maximum Gasteiger partial charge on any atom is 0.408 e. The number of nitrogens with zero attached hydrogens (tertiary/aromatic N) is 1. The largest absolute Gasteiger partial charge is 0.458 e. The number of esters is 1. The lowest BCUT2D eigenvalue weighted by atomic mass is 9.96. The van der Waals surface area contributed by atoms with Crippen molar-refractivity contribution in [1.82, 2.24) is 15.5 Å². The van der Waals surface area contributed by atoms with Crippen molar-refractivity contribution in [1.29, 1.82) is 0 Å². The van der Waals surface area contributed by atoms with E-state index in [1.165, 1.54) is 11.8 Å². The molecule has 9 heteroatoms. The highest BCUT2D eigenvalue weighted by Crippen LogP contribution is 2.27. The minimum atomic E-state index is -1.20. The molecule has 0 fully saturated rings. The van der Waals surface area contributed by atoms with Gasteiger partial charge in [0.1, 0.15) is 29.3 Å². The van der Waals surface area contributed by atoms with Crippen molar-refractivity contribution in [3.8, 4) is 12.3 Å². The van der Waals surface area contributed by atoms with Crippen molar-refractivity contribution in [2.24, 2.45) is 0 Å². The van der Waals surface area contributed by atoms with E-state index in [0.717, 1.165) is 12.0 Å². The van der Waals surface area contributed by atoms with Gasteiger partial charge in [0.25, 0.3) is 0 Å². The van der Waals surface area contributed by atoms with Crippen molar-refractivity contribution < 1.29 is 28.7 Å². The minimum absolute atomic E-state index is 0.171. The van der Waals surface area contributed by atoms with Gasteiger partial charge in [-0.1, -0.05) is 67.8 Å². The first-order valence-electron chi connectivity index (χ1n) is 15.0. The summed E-state index contributed by atoms with van der Waals surface area (Å²) in [5.41, 5.74) is 0.102. The van der Waals surface area contributed by atoms with Crippen LogP contribution in [0.2, 0.25) is 0 Å². The molecule has 238 valence electrons. The van der Waals surface area contributed by atoms with Gasteiger partial charge >= 0.3 is 12.1 Å². The Morgan fingerprint density at radius 2 is 1.48 bits per heavy atom. The quantitative estimate of drug-likeness (QED) is 0.250. The molecular formula is C35H47N3O6. The summed E-state index contributed by atoms with van der Waals surface area (Å²) in [6.45, 7) is 14.1. The molecule has 2 N–H and O–H groups in total. The molecule has 3 atom stereocenters. The van der Waals surface area contributed by atoms with E-state index in [2.05, 4.69) is 16.6 Å². The van der Waals surface area contributed by atoms with Crippen molar-refractivity contribution in [2.75, 3.05) is 6.54 Å². The first kappa shape index (κ1) is 35.9. The second-order valence-corrected chi connectivity index (χ2v) is 12.7. The van der Waals surface area contributed by atoms with E-state index in [1.54, 1.807) is 65.8 Å². The predicted octanol–water partition coefficient (Wildman–Crippen LogP) is 5.32. The molecule has 0 radical (unpaired) electrons. The third kappa shape index (κ3) is 11.4. The summed E-state index contributed by atoms with van der Waals surface area (Å²) in [7, 11) is 0. The van der Waals surface area contributed by atoms with Gasteiger partial charge in [0, 0.05) is 18.5 Å². The number of hydrogen-bond acceptors (Lipinski definition) is 6. The molecule has 0 saturated heterocycles. The molecule has 0 bridgehead atoms. The monoisotopic (exact) mass is 605 g/mol. The molecule has 2 aromatic rings. The van der Waals surface area contributed by atoms with Gasteiger partial charge in [0.05, 0.1) is 0 Å². The number of carbonyl (C=O) groups is 4. The molecule has 3 unspecified atom stereocenters. The standard InChI is InChI=1S/C35H47N3O6/c1-10-12-22-38(31(40)24(3)36-33(42)44-35(7,8)9)29(27-21-17-16-20-26(27)11-2)30(39)37-28(32(41)43-34(4,5)6)23-25-18-14-13-15-19-25/h2,13-21,24,28-29H,10,12,22-23H2,1,3-9H3,(H,36,42)(H,37,39). The predicted molar refractivity (Wildman–Crippen MR) is 170 cm³/mol. The van der Waals surface area contributed by atoms with Gasteiger partial charge in [-0.3, -0.25) is 9.59 Å². The fraction of sp³-hybridized carbons (Fsp3) is 0.486. The number of rotatable bonds is 12. The van der Waals surface area contributed by atoms with Gasteiger partial charge in [-0.15, -0.1) is 6.42 Å². The average Bonchev–Trinajstić information content (AvgIpc) is 2.93. The molecule has 9 nitrogen and oxygen atoms in total. The molecule has 44 heavy (non-hydrogen) atoms. The lowest BCUT2D eigenvalue weighted by Crippen LogP contribution is -2.54. The number of terminal acetylenes is 1. The molecule has 0 aliphatic carbocycles. The van der Waals surface area contributed by atoms with Crippen LogP contribution in [0.5, 0.6) is 0 Å². The van der Waals surface area contributed by atoms with Gasteiger partial charge in [-0.25, -0.2) is 9.59 Å². The van der Waals surface area contributed by atoms with Gasteiger partial charge in [-0.05, 0) is 72.1 Å². The Hall–Kier alpha value is -4.32. The van der Waals surface area contributed by atoms with Crippen molar-refractivity contribution in [3.63, 3.8) is 0 Å². The zero-order chi connectivity index (χ0) is 33.1. The van der Waals surface area contributed by atoms with Crippen LogP contribution >= 0.6 is 0 Å². The number of amides is 3. The van der Waals surface area contributed by atoms with E-state index in [-0.39, 0.29) is 13.0 Å². The summed E-state index contributed by atoms with van der Waals surface area (Å²) in [6, 6.07) is 12.9. The van der Waals surface area contributed by atoms with Gasteiger partial charge in [0.2, 0.25) is 11.8 Å². The van der Waals surface area contributed by atoms with E-state index in [9.17, 15) is 19.2 Å². The van der Waals surface area contributed by atoms with Crippen molar-refractivity contribution in [3.05, 3.63) is 71.3 Å². The third-order valence-corrected chi connectivity index (χ3v) is 6.40. The number of nitrogens with one attached hydrogen (secondary N) is 2. The van der Waals surface area contributed by atoms with E-state index >= 15 is 0 Å². The van der Waals surface area contributed by atoms with Crippen molar-refractivity contribution >= 4 is 23.9 Å². The highest BCUT2D eigenvalue weighted by Gasteiger charge is 2.38. The average molecular weight is 606 g/mol. The highest BCUT2D eigenvalue weighted by atomic mass is 16.6. The second-order valence-electron chi connectivity index (χ2n) is 12.7. The molecular weight excluding hydrogens is 558 g/mol. The number of carbonyl (C=O) groups excluding carboxylic acids is 4. The zero-order valence-electron chi connectivity index (χ0n) is 27.2. The third-order valence-electron chi connectivity index (χ3n) is 6.40. The van der Waals surface area contributed by atoms with Crippen LogP contribution in [-0.2, 0) is 30.3 Å². The molecule has 0 heterocycles. The summed E-state index contributed by atoms with van der Waals surface area (Å²) in [6.07, 6.45) is 6.56. The number of unbranched alkanes of at least 4 members (excludes halogenated alkanes) is 1. The first-order chi connectivity index (χ1) is 20.6. The molecule has 0 aliphatic rings. The zero-order valence-corrected chi connectivity index (χ0v) is 27.2. The molecule has 0 aromatic heterocycles.